The highest BCUT2D eigenvalue weighted by Gasteiger charge is 2.27. The third-order valence-corrected chi connectivity index (χ3v) is 10.0. The number of anilines is 1. The smallest absolute Gasteiger partial charge is 0.231 e. The quantitative estimate of drug-likeness (QED) is 0.115. The van der Waals surface area contributed by atoms with Gasteiger partial charge in [-0.25, -0.2) is 0 Å². The highest BCUT2D eigenvalue weighted by atomic mass is 16.7. The van der Waals surface area contributed by atoms with Crippen LogP contribution in [0.3, 0.4) is 0 Å². The number of fused-ring (bicyclic) bond motifs is 1. The minimum Gasteiger partial charge on any atom is -0.493 e. The van der Waals surface area contributed by atoms with Gasteiger partial charge in [0.1, 0.15) is 0 Å². The summed E-state index contributed by atoms with van der Waals surface area (Å²) in [5, 5.41) is 0. The summed E-state index contributed by atoms with van der Waals surface area (Å²) in [5.41, 5.74) is 6.82. The topological polar surface area (TPSA) is 106 Å². The molecule has 0 amide bonds. The van der Waals surface area contributed by atoms with Crippen molar-refractivity contribution in [1.82, 2.24) is 14.9 Å². The van der Waals surface area contributed by atoms with Gasteiger partial charge in [-0.2, -0.15) is 0 Å². The van der Waals surface area contributed by atoms with Gasteiger partial charge in [-0.3, -0.25) is 14.9 Å². The van der Waals surface area contributed by atoms with Gasteiger partial charge < -0.3 is 42.8 Å². The molecule has 12 nitrogen and oxygen atoms in total. The summed E-state index contributed by atoms with van der Waals surface area (Å²) < 4.78 is 44.8. The Balaban J connectivity index is 1.07. The number of benzene rings is 3. The summed E-state index contributed by atoms with van der Waals surface area (Å²) in [4.78, 5) is 14.5. The molecule has 3 aromatic carbocycles. The molecule has 54 heavy (non-hydrogen) atoms. The lowest BCUT2D eigenvalue weighted by atomic mass is 10.00. The average Bonchev–Trinajstić information content (AvgIpc) is 3.70. The minimum atomic E-state index is 0.236. The minimum absolute atomic E-state index is 0.236. The molecule has 0 spiro atoms. The van der Waals surface area contributed by atoms with E-state index in [0.29, 0.717) is 47.1 Å². The zero-order chi connectivity index (χ0) is 37.6. The van der Waals surface area contributed by atoms with E-state index in [1.54, 1.807) is 42.7 Å². The highest BCUT2D eigenvalue weighted by molar-refractivity contribution is 5.70. The second-order valence-electron chi connectivity index (χ2n) is 13.1. The fourth-order valence-electron chi connectivity index (χ4n) is 7.22. The van der Waals surface area contributed by atoms with Gasteiger partial charge in [-0.05, 0) is 78.6 Å². The molecule has 12 heteroatoms. The summed E-state index contributed by atoms with van der Waals surface area (Å²) in [7, 11) is 9.66. The van der Waals surface area contributed by atoms with Crippen LogP contribution in [0.25, 0.3) is 22.5 Å². The van der Waals surface area contributed by atoms with Gasteiger partial charge in [-0.15, -0.1) is 0 Å². The van der Waals surface area contributed by atoms with E-state index in [1.165, 1.54) is 5.56 Å². The van der Waals surface area contributed by atoms with E-state index in [4.69, 9.17) is 42.9 Å². The number of piperidine rings is 1. The normalized spacial score (nSPS) is 14.0. The summed E-state index contributed by atoms with van der Waals surface area (Å²) >= 11 is 0. The first kappa shape index (κ1) is 36.5. The predicted octanol–water partition coefficient (Wildman–Crippen LogP) is 7.26. The van der Waals surface area contributed by atoms with Crippen molar-refractivity contribution in [3.8, 4) is 68.5 Å². The van der Waals surface area contributed by atoms with Crippen molar-refractivity contribution >= 4 is 5.69 Å². The van der Waals surface area contributed by atoms with E-state index in [1.807, 2.05) is 48.8 Å². The van der Waals surface area contributed by atoms with Crippen molar-refractivity contribution in [2.45, 2.75) is 32.0 Å². The lowest BCUT2D eigenvalue weighted by Crippen LogP contribution is -2.44. The van der Waals surface area contributed by atoms with Crippen molar-refractivity contribution in [2.75, 3.05) is 67.4 Å². The molecule has 0 radical (unpaired) electrons. The number of nitrogens with zero attached hydrogens (tertiary/aromatic N) is 4. The van der Waals surface area contributed by atoms with E-state index in [0.717, 1.165) is 77.7 Å². The van der Waals surface area contributed by atoms with Gasteiger partial charge >= 0.3 is 0 Å². The van der Waals surface area contributed by atoms with E-state index >= 15 is 0 Å². The number of hydrogen-bond acceptors (Lipinski definition) is 12. The van der Waals surface area contributed by atoms with Crippen LogP contribution in [-0.2, 0) is 13.1 Å². The van der Waals surface area contributed by atoms with Crippen LogP contribution in [0.5, 0.6) is 46.0 Å². The molecule has 4 heterocycles. The van der Waals surface area contributed by atoms with Crippen LogP contribution < -0.4 is 42.8 Å². The molecule has 5 aromatic rings. The largest absolute Gasteiger partial charge is 0.493 e. The molecule has 1 fully saturated rings. The van der Waals surface area contributed by atoms with Crippen molar-refractivity contribution in [1.29, 1.82) is 0 Å². The van der Waals surface area contributed by atoms with Gasteiger partial charge in [0.15, 0.2) is 34.5 Å². The number of ether oxygens (including phenoxy) is 8. The molecule has 1 saturated heterocycles. The molecule has 0 atom stereocenters. The van der Waals surface area contributed by atoms with Crippen LogP contribution in [0.1, 0.15) is 24.0 Å². The van der Waals surface area contributed by atoms with E-state index in [9.17, 15) is 0 Å². The Kier molecular flexibility index (Phi) is 11.1. The molecule has 2 aliphatic rings. The number of hydrogen-bond donors (Lipinski definition) is 0. The lowest BCUT2D eigenvalue weighted by Gasteiger charge is -2.40. The fourth-order valence-corrected chi connectivity index (χ4v) is 7.22. The summed E-state index contributed by atoms with van der Waals surface area (Å²) in [5.74, 6) is 5.01. The molecule has 2 aliphatic heterocycles. The Hall–Kier alpha value is -5.88. The highest BCUT2D eigenvalue weighted by Crippen LogP contribution is 2.43. The Bertz CT molecular complexity index is 2020. The van der Waals surface area contributed by atoms with Gasteiger partial charge in [0, 0.05) is 67.5 Å². The van der Waals surface area contributed by atoms with Crippen LogP contribution in [0.4, 0.5) is 5.69 Å². The van der Waals surface area contributed by atoms with Crippen LogP contribution >= 0.6 is 0 Å². The van der Waals surface area contributed by atoms with E-state index < -0.39 is 0 Å². The average molecular weight is 735 g/mol. The summed E-state index contributed by atoms with van der Waals surface area (Å²) in [6, 6.07) is 22.6. The Labute approximate surface area is 316 Å². The number of pyridine rings is 2. The SMILES string of the molecule is COc1cc(-c2ccc(CN(c3ccc4c(c3)OCO4)C3CCN(Cc4ccnc(-c5cc(OC)c(OC)c(OC)c5)c4)CC3)cn2)cc(OC)c1OC. The zero-order valence-electron chi connectivity index (χ0n) is 31.6. The van der Waals surface area contributed by atoms with E-state index in [2.05, 4.69) is 45.1 Å². The van der Waals surface area contributed by atoms with E-state index in [-0.39, 0.29) is 6.79 Å². The molecule has 0 unspecified atom stereocenters. The first-order valence-corrected chi connectivity index (χ1v) is 17.8. The summed E-state index contributed by atoms with van der Waals surface area (Å²) in [6.45, 7) is 3.65. The molecule has 2 aromatic heterocycles. The molecular formula is C42H46N4O8. The second kappa shape index (κ2) is 16.4. The molecule has 0 saturated carbocycles. The van der Waals surface area contributed by atoms with Crippen molar-refractivity contribution < 1.29 is 37.9 Å². The van der Waals surface area contributed by atoms with Crippen molar-refractivity contribution in [2.24, 2.45) is 0 Å². The van der Waals surface area contributed by atoms with Crippen molar-refractivity contribution in [3.05, 3.63) is 90.3 Å². The number of rotatable bonds is 14. The van der Waals surface area contributed by atoms with Gasteiger partial charge in [0.05, 0.1) is 54.0 Å². The Morgan fingerprint density at radius 1 is 0.630 bits per heavy atom. The van der Waals surface area contributed by atoms with Gasteiger partial charge in [0.25, 0.3) is 0 Å². The monoisotopic (exact) mass is 734 g/mol. The van der Waals surface area contributed by atoms with Crippen LogP contribution in [0.2, 0.25) is 0 Å². The van der Waals surface area contributed by atoms with Crippen molar-refractivity contribution in [3.63, 3.8) is 0 Å². The maximum atomic E-state index is 5.78. The van der Waals surface area contributed by atoms with Crippen LogP contribution in [-0.4, -0.2) is 83.5 Å². The molecular weight excluding hydrogens is 688 g/mol. The first-order valence-electron chi connectivity index (χ1n) is 17.8. The summed E-state index contributed by atoms with van der Waals surface area (Å²) in [6.07, 6.45) is 5.80. The molecule has 0 bridgehead atoms. The first-order chi connectivity index (χ1) is 26.4. The second-order valence-corrected chi connectivity index (χ2v) is 13.1. The standard InChI is InChI=1S/C42H46N4O8/c1-47-37-18-29(19-38(48-2)41(37)51-5)33-9-7-28(23-44-33)25-46(32-8-10-35-36(22-32)54-26-53-35)31-12-15-45(16-13-31)24-27-11-14-43-34(17-27)30-20-39(49-3)42(52-6)40(21-30)50-4/h7-11,14,17-23,31H,12-13,15-16,24-26H2,1-6H3. The lowest BCUT2D eigenvalue weighted by molar-refractivity contribution is 0.174. The predicted molar refractivity (Wildman–Crippen MR) is 206 cm³/mol. The maximum absolute atomic E-state index is 5.78. The Morgan fingerprint density at radius 2 is 1.24 bits per heavy atom. The number of methoxy groups -OCH3 is 6. The van der Waals surface area contributed by atoms with Gasteiger partial charge in [-0.1, -0.05) is 6.07 Å². The molecule has 282 valence electrons. The Morgan fingerprint density at radius 3 is 1.81 bits per heavy atom. The third kappa shape index (κ3) is 7.60. The number of likely N-dealkylation sites (tertiary alicyclic amines) is 1. The number of aromatic nitrogens is 2. The molecule has 7 rings (SSSR count). The maximum Gasteiger partial charge on any atom is 0.231 e. The molecule has 0 aliphatic carbocycles. The third-order valence-electron chi connectivity index (χ3n) is 10.0. The van der Waals surface area contributed by atoms with Gasteiger partial charge in [0.2, 0.25) is 18.3 Å². The van der Waals surface area contributed by atoms with Crippen LogP contribution in [0, 0.1) is 0 Å². The fraction of sp³-hybridized carbons (Fsp3) is 0.333. The zero-order valence-corrected chi connectivity index (χ0v) is 31.6. The van der Waals surface area contributed by atoms with Crippen LogP contribution in [0.15, 0.2) is 79.1 Å². The molecule has 0 N–H and O–H groups in total.